The van der Waals surface area contributed by atoms with E-state index in [-0.39, 0.29) is 27.9 Å². The van der Waals surface area contributed by atoms with Gasteiger partial charge in [0.05, 0.1) is 0 Å². The summed E-state index contributed by atoms with van der Waals surface area (Å²) in [6.45, 7) is 0. The molecule has 0 radical (unpaired) electrons. The van der Waals surface area contributed by atoms with Gasteiger partial charge >= 0.3 is 0 Å². The van der Waals surface area contributed by atoms with Crippen molar-refractivity contribution in [3.63, 3.8) is 0 Å². The summed E-state index contributed by atoms with van der Waals surface area (Å²) in [5, 5.41) is 0.0591. The molecule has 0 N–H and O–H groups in total. The van der Waals surface area contributed by atoms with Crippen LogP contribution >= 0.6 is 11.8 Å². The SMILES string of the molecule is O=C1CC(c2ccc(F)cc2)SC(c2ccc(F)cc2)C1. The summed E-state index contributed by atoms with van der Waals surface area (Å²) >= 11 is 1.69. The lowest BCUT2D eigenvalue weighted by atomic mass is 10.0. The molecule has 1 heterocycles. The quantitative estimate of drug-likeness (QED) is 0.789. The molecule has 2 atom stereocenters. The van der Waals surface area contributed by atoms with Crippen LogP contribution in [0.25, 0.3) is 0 Å². The fourth-order valence-electron chi connectivity index (χ4n) is 2.54. The van der Waals surface area contributed by atoms with Crippen molar-refractivity contribution in [3.05, 3.63) is 71.3 Å². The molecule has 2 aromatic carbocycles. The highest BCUT2D eigenvalue weighted by Crippen LogP contribution is 2.48. The Bertz CT molecular complexity index is 581. The molecular weight excluding hydrogens is 290 g/mol. The van der Waals surface area contributed by atoms with Crippen molar-refractivity contribution in [1.82, 2.24) is 0 Å². The Morgan fingerprint density at radius 2 is 1.14 bits per heavy atom. The average molecular weight is 304 g/mol. The second-order valence-electron chi connectivity index (χ2n) is 5.16. The predicted molar refractivity (Wildman–Crippen MR) is 80.1 cm³/mol. The van der Waals surface area contributed by atoms with E-state index in [2.05, 4.69) is 0 Å². The molecule has 0 amide bonds. The molecular formula is C17H14F2OS. The minimum Gasteiger partial charge on any atom is -0.300 e. The van der Waals surface area contributed by atoms with Gasteiger partial charge in [-0.15, -0.1) is 11.8 Å². The Kier molecular flexibility index (Phi) is 4.06. The molecule has 1 aliphatic rings. The van der Waals surface area contributed by atoms with Crippen molar-refractivity contribution < 1.29 is 13.6 Å². The highest BCUT2D eigenvalue weighted by Gasteiger charge is 2.29. The Labute approximate surface area is 126 Å². The first-order valence-corrected chi connectivity index (χ1v) is 7.74. The van der Waals surface area contributed by atoms with Gasteiger partial charge in [-0.1, -0.05) is 24.3 Å². The van der Waals surface area contributed by atoms with Crippen molar-refractivity contribution >= 4 is 17.5 Å². The number of thioether (sulfide) groups is 1. The lowest BCUT2D eigenvalue weighted by Gasteiger charge is -2.28. The van der Waals surface area contributed by atoms with Crippen LogP contribution < -0.4 is 0 Å². The molecule has 2 unspecified atom stereocenters. The van der Waals surface area contributed by atoms with Gasteiger partial charge in [-0.3, -0.25) is 4.79 Å². The number of hydrogen-bond acceptors (Lipinski definition) is 2. The monoisotopic (exact) mass is 304 g/mol. The molecule has 21 heavy (non-hydrogen) atoms. The number of carbonyl (C=O) groups excluding carboxylic acids is 1. The second kappa shape index (κ2) is 5.98. The Morgan fingerprint density at radius 1 is 0.762 bits per heavy atom. The van der Waals surface area contributed by atoms with Gasteiger partial charge in [0.25, 0.3) is 0 Å². The summed E-state index contributed by atoms with van der Waals surface area (Å²) in [4.78, 5) is 12.0. The van der Waals surface area contributed by atoms with Gasteiger partial charge in [0.2, 0.25) is 0 Å². The van der Waals surface area contributed by atoms with E-state index in [1.165, 1.54) is 24.3 Å². The standard InChI is InChI=1S/C17H14F2OS/c18-13-5-1-11(2-6-13)16-9-15(20)10-17(21-16)12-3-7-14(19)8-4-12/h1-8,16-17H,9-10H2. The number of carbonyl (C=O) groups is 1. The minimum atomic E-state index is -0.277. The van der Waals surface area contributed by atoms with E-state index in [4.69, 9.17) is 0 Å². The molecule has 0 bridgehead atoms. The van der Waals surface area contributed by atoms with Crippen LogP contribution in [0.1, 0.15) is 34.5 Å². The summed E-state index contributed by atoms with van der Waals surface area (Å²) in [5.41, 5.74) is 1.92. The first-order valence-electron chi connectivity index (χ1n) is 6.80. The lowest BCUT2D eigenvalue weighted by Crippen LogP contribution is -2.16. The normalized spacial score (nSPS) is 22.3. The van der Waals surface area contributed by atoms with Gasteiger partial charge in [0, 0.05) is 23.3 Å². The molecule has 1 fully saturated rings. The number of hydrogen-bond donors (Lipinski definition) is 0. The third-order valence-corrected chi connectivity index (χ3v) is 5.17. The molecule has 1 saturated heterocycles. The topological polar surface area (TPSA) is 17.1 Å². The number of Topliss-reactive ketones (excluding diaryl/α,β-unsaturated/α-hetero) is 1. The average Bonchev–Trinajstić information content (AvgIpc) is 2.48. The molecule has 2 aromatic rings. The predicted octanol–water partition coefficient (Wildman–Crippen LogP) is 4.84. The van der Waals surface area contributed by atoms with E-state index >= 15 is 0 Å². The maximum absolute atomic E-state index is 13.0. The third-order valence-electron chi connectivity index (χ3n) is 3.64. The molecule has 3 rings (SSSR count). The highest BCUT2D eigenvalue weighted by molar-refractivity contribution is 7.99. The van der Waals surface area contributed by atoms with Gasteiger partial charge in [0.1, 0.15) is 17.4 Å². The van der Waals surface area contributed by atoms with Gasteiger partial charge < -0.3 is 0 Å². The van der Waals surface area contributed by atoms with Crippen LogP contribution in [-0.4, -0.2) is 5.78 Å². The van der Waals surface area contributed by atoms with Crippen LogP contribution in [0, 0.1) is 11.6 Å². The zero-order chi connectivity index (χ0) is 14.8. The van der Waals surface area contributed by atoms with Crippen molar-refractivity contribution in [3.8, 4) is 0 Å². The molecule has 0 aliphatic carbocycles. The molecule has 108 valence electrons. The largest absolute Gasteiger partial charge is 0.300 e. The zero-order valence-corrected chi connectivity index (χ0v) is 12.1. The third kappa shape index (κ3) is 3.32. The summed E-state index contributed by atoms with van der Waals surface area (Å²) in [7, 11) is 0. The van der Waals surface area contributed by atoms with Crippen molar-refractivity contribution in [1.29, 1.82) is 0 Å². The van der Waals surface area contributed by atoms with Crippen LogP contribution in [0.5, 0.6) is 0 Å². The first kappa shape index (κ1) is 14.3. The van der Waals surface area contributed by atoms with Crippen LogP contribution in [0.15, 0.2) is 48.5 Å². The molecule has 1 nitrogen and oxygen atoms in total. The smallest absolute Gasteiger partial charge is 0.135 e. The fourth-order valence-corrected chi connectivity index (χ4v) is 4.13. The van der Waals surface area contributed by atoms with Crippen LogP contribution in [-0.2, 0) is 4.79 Å². The Hall–Kier alpha value is -1.68. The maximum atomic E-state index is 13.0. The van der Waals surface area contributed by atoms with E-state index in [1.807, 2.05) is 0 Å². The first-order chi connectivity index (χ1) is 10.1. The zero-order valence-electron chi connectivity index (χ0n) is 11.3. The van der Waals surface area contributed by atoms with Crippen molar-refractivity contribution in [2.45, 2.75) is 23.3 Å². The van der Waals surface area contributed by atoms with Gasteiger partial charge in [-0.2, -0.15) is 0 Å². The van der Waals surface area contributed by atoms with E-state index in [0.717, 1.165) is 11.1 Å². The summed E-state index contributed by atoms with van der Waals surface area (Å²) in [6, 6.07) is 12.6. The molecule has 4 heteroatoms. The summed E-state index contributed by atoms with van der Waals surface area (Å²) in [6.07, 6.45) is 0.933. The number of halogens is 2. The molecule has 0 saturated carbocycles. The van der Waals surface area contributed by atoms with E-state index in [9.17, 15) is 13.6 Å². The summed E-state index contributed by atoms with van der Waals surface area (Å²) in [5.74, 6) is -0.362. The van der Waals surface area contributed by atoms with Gasteiger partial charge in [-0.25, -0.2) is 8.78 Å². The van der Waals surface area contributed by atoms with Crippen LogP contribution in [0.3, 0.4) is 0 Å². The van der Waals surface area contributed by atoms with E-state index < -0.39 is 0 Å². The summed E-state index contributed by atoms with van der Waals surface area (Å²) < 4.78 is 26.0. The van der Waals surface area contributed by atoms with Crippen LogP contribution in [0.2, 0.25) is 0 Å². The molecule has 0 aromatic heterocycles. The lowest BCUT2D eigenvalue weighted by molar-refractivity contribution is -0.119. The highest BCUT2D eigenvalue weighted by atomic mass is 32.2. The van der Waals surface area contributed by atoms with Crippen LogP contribution in [0.4, 0.5) is 8.78 Å². The maximum Gasteiger partial charge on any atom is 0.135 e. The van der Waals surface area contributed by atoms with Crippen molar-refractivity contribution in [2.75, 3.05) is 0 Å². The van der Waals surface area contributed by atoms with E-state index in [1.54, 1.807) is 36.0 Å². The second-order valence-corrected chi connectivity index (χ2v) is 6.57. The number of benzene rings is 2. The molecule has 1 aliphatic heterocycles. The minimum absolute atomic E-state index is 0.0295. The fraction of sp³-hybridized carbons (Fsp3) is 0.235. The van der Waals surface area contributed by atoms with Crippen molar-refractivity contribution in [2.24, 2.45) is 0 Å². The molecule has 0 spiro atoms. The number of rotatable bonds is 2. The van der Waals surface area contributed by atoms with Gasteiger partial charge in [-0.05, 0) is 35.4 Å². The Balaban J connectivity index is 1.82. The van der Waals surface area contributed by atoms with Gasteiger partial charge in [0.15, 0.2) is 0 Å². The number of ketones is 1. The van der Waals surface area contributed by atoms with E-state index in [0.29, 0.717) is 12.8 Å². The Morgan fingerprint density at radius 3 is 1.52 bits per heavy atom.